The molecule has 1 fully saturated rings. The van der Waals surface area contributed by atoms with Crippen LogP contribution in [-0.4, -0.2) is 18.6 Å². The van der Waals surface area contributed by atoms with Crippen LogP contribution in [0.1, 0.15) is 24.8 Å². The van der Waals surface area contributed by atoms with Crippen molar-refractivity contribution in [1.82, 2.24) is 5.32 Å². The number of carbonyl (C=O) groups is 1. The van der Waals surface area contributed by atoms with Gasteiger partial charge in [-0.15, -0.1) is 0 Å². The van der Waals surface area contributed by atoms with Gasteiger partial charge in [0.15, 0.2) is 0 Å². The number of aryl methyl sites for hydroxylation is 1. The molecule has 0 spiro atoms. The van der Waals surface area contributed by atoms with E-state index in [0.29, 0.717) is 6.04 Å². The lowest BCUT2D eigenvalue weighted by Gasteiger charge is -2.18. The van der Waals surface area contributed by atoms with Crippen LogP contribution in [0.5, 0.6) is 0 Å². The average Bonchev–Trinajstić information content (AvgIpc) is 3.12. The maximum atomic E-state index is 11.6. The van der Waals surface area contributed by atoms with E-state index in [2.05, 4.69) is 22.0 Å². The molecule has 0 bridgehead atoms. The SMILES string of the molecule is O=C(Nc1ccc2c(c1)NCCC2)NC1CC1. The number of benzene rings is 1. The van der Waals surface area contributed by atoms with Crippen LogP contribution in [0.15, 0.2) is 18.2 Å². The van der Waals surface area contributed by atoms with Gasteiger partial charge in [0.25, 0.3) is 0 Å². The maximum absolute atomic E-state index is 11.6. The van der Waals surface area contributed by atoms with E-state index in [9.17, 15) is 4.79 Å². The number of rotatable bonds is 2. The normalized spacial score (nSPS) is 17.9. The summed E-state index contributed by atoms with van der Waals surface area (Å²) in [5.74, 6) is 0. The predicted molar refractivity (Wildman–Crippen MR) is 68.4 cm³/mol. The van der Waals surface area contributed by atoms with Crippen molar-refractivity contribution in [2.45, 2.75) is 31.7 Å². The van der Waals surface area contributed by atoms with E-state index in [-0.39, 0.29) is 6.03 Å². The molecule has 0 saturated heterocycles. The van der Waals surface area contributed by atoms with Gasteiger partial charge in [0.1, 0.15) is 0 Å². The first kappa shape index (κ1) is 10.4. The van der Waals surface area contributed by atoms with E-state index in [1.54, 1.807) is 0 Å². The van der Waals surface area contributed by atoms with E-state index in [4.69, 9.17) is 0 Å². The van der Waals surface area contributed by atoms with Crippen LogP contribution in [-0.2, 0) is 6.42 Å². The summed E-state index contributed by atoms with van der Waals surface area (Å²) in [4.78, 5) is 11.6. The van der Waals surface area contributed by atoms with Crippen molar-refractivity contribution >= 4 is 17.4 Å². The molecule has 90 valence electrons. The number of hydrogen-bond acceptors (Lipinski definition) is 2. The molecule has 3 rings (SSSR count). The van der Waals surface area contributed by atoms with E-state index < -0.39 is 0 Å². The second kappa shape index (κ2) is 4.28. The Morgan fingerprint density at radius 1 is 1.35 bits per heavy atom. The third kappa shape index (κ3) is 2.52. The van der Waals surface area contributed by atoms with Gasteiger partial charge in [-0.05, 0) is 43.4 Å². The molecule has 17 heavy (non-hydrogen) atoms. The zero-order valence-electron chi connectivity index (χ0n) is 9.75. The van der Waals surface area contributed by atoms with Crippen molar-refractivity contribution in [1.29, 1.82) is 0 Å². The fourth-order valence-electron chi connectivity index (χ4n) is 2.12. The van der Waals surface area contributed by atoms with Gasteiger partial charge in [-0.25, -0.2) is 4.79 Å². The zero-order valence-corrected chi connectivity index (χ0v) is 9.75. The highest BCUT2D eigenvalue weighted by molar-refractivity contribution is 5.90. The molecule has 1 aliphatic carbocycles. The fraction of sp³-hybridized carbons (Fsp3) is 0.462. The molecule has 0 radical (unpaired) electrons. The van der Waals surface area contributed by atoms with E-state index in [0.717, 1.165) is 37.2 Å². The second-order valence-corrected chi connectivity index (χ2v) is 4.77. The Kier molecular flexibility index (Phi) is 2.63. The second-order valence-electron chi connectivity index (χ2n) is 4.77. The number of nitrogens with one attached hydrogen (secondary N) is 3. The summed E-state index contributed by atoms with van der Waals surface area (Å²) in [6.07, 6.45) is 4.52. The van der Waals surface area contributed by atoms with Gasteiger partial charge in [-0.3, -0.25) is 0 Å². The summed E-state index contributed by atoms with van der Waals surface area (Å²) in [6.45, 7) is 1.02. The minimum Gasteiger partial charge on any atom is -0.385 e. The van der Waals surface area contributed by atoms with Crippen LogP contribution in [0.25, 0.3) is 0 Å². The Hall–Kier alpha value is -1.71. The molecular weight excluding hydrogens is 214 g/mol. The Morgan fingerprint density at radius 3 is 3.06 bits per heavy atom. The lowest BCUT2D eigenvalue weighted by Crippen LogP contribution is -2.30. The van der Waals surface area contributed by atoms with Crippen LogP contribution in [0.3, 0.4) is 0 Å². The van der Waals surface area contributed by atoms with Gasteiger partial charge in [-0.2, -0.15) is 0 Å². The van der Waals surface area contributed by atoms with E-state index in [1.807, 2.05) is 12.1 Å². The number of urea groups is 1. The quantitative estimate of drug-likeness (QED) is 0.731. The minimum absolute atomic E-state index is 0.0942. The summed E-state index contributed by atoms with van der Waals surface area (Å²) in [5, 5.41) is 9.14. The Labute approximate surface area is 101 Å². The van der Waals surface area contributed by atoms with Gasteiger partial charge in [-0.1, -0.05) is 6.07 Å². The Bertz CT molecular complexity index is 440. The highest BCUT2D eigenvalue weighted by Crippen LogP contribution is 2.25. The van der Waals surface area contributed by atoms with Crippen molar-refractivity contribution in [3.8, 4) is 0 Å². The molecule has 1 aromatic rings. The van der Waals surface area contributed by atoms with Crippen molar-refractivity contribution in [3.05, 3.63) is 23.8 Å². The molecule has 1 saturated carbocycles. The van der Waals surface area contributed by atoms with Crippen molar-refractivity contribution < 1.29 is 4.79 Å². The molecule has 1 heterocycles. The molecule has 3 N–H and O–H groups in total. The van der Waals surface area contributed by atoms with Gasteiger partial charge < -0.3 is 16.0 Å². The van der Waals surface area contributed by atoms with Crippen LogP contribution in [0.4, 0.5) is 16.2 Å². The van der Waals surface area contributed by atoms with E-state index in [1.165, 1.54) is 12.0 Å². The van der Waals surface area contributed by atoms with Gasteiger partial charge in [0.2, 0.25) is 0 Å². The third-order valence-electron chi connectivity index (χ3n) is 3.22. The largest absolute Gasteiger partial charge is 0.385 e. The monoisotopic (exact) mass is 231 g/mol. The first-order valence-electron chi connectivity index (χ1n) is 6.25. The topological polar surface area (TPSA) is 53.2 Å². The molecule has 1 aromatic carbocycles. The molecule has 0 atom stereocenters. The molecule has 1 aliphatic heterocycles. The fourth-order valence-corrected chi connectivity index (χ4v) is 2.12. The number of anilines is 2. The van der Waals surface area contributed by atoms with E-state index >= 15 is 0 Å². The maximum Gasteiger partial charge on any atom is 0.319 e. The highest BCUT2D eigenvalue weighted by atomic mass is 16.2. The summed E-state index contributed by atoms with van der Waals surface area (Å²) in [5.41, 5.74) is 3.35. The van der Waals surface area contributed by atoms with Crippen LogP contribution in [0, 0.1) is 0 Å². The molecular formula is C13H17N3O. The van der Waals surface area contributed by atoms with Crippen molar-refractivity contribution in [2.24, 2.45) is 0 Å². The highest BCUT2D eigenvalue weighted by Gasteiger charge is 2.23. The minimum atomic E-state index is -0.0942. The number of carbonyl (C=O) groups excluding carboxylic acids is 1. The van der Waals surface area contributed by atoms with Crippen LogP contribution < -0.4 is 16.0 Å². The Morgan fingerprint density at radius 2 is 2.24 bits per heavy atom. The van der Waals surface area contributed by atoms with Gasteiger partial charge in [0.05, 0.1) is 0 Å². The summed E-state index contributed by atoms with van der Waals surface area (Å²) in [6, 6.07) is 6.38. The van der Waals surface area contributed by atoms with Crippen LogP contribution >= 0.6 is 0 Å². The van der Waals surface area contributed by atoms with Gasteiger partial charge in [0, 0.05) is 24.0 Å². The molecule has 0 aromatic heterocycles. The van der Waals surface area contributed by atoms with Crippen molar-refractivity contribution in [2.75, 3.05) is 17.2 Å². The molecule has 2 aliphatic rings. The summed E-state index contributed by atoms with van der Waals surface area (Å²) in [7, 11) is 0. The number of hydrogen-bond donors (Lipinski definition) is 3. The lowest BCUT2D eigenvalue weighted by molar-refractivity contribution is 0.251. The molecule has 4 heteroatoms. The molecule has 2 amide bonds. The molecule has 4 nitrogen and oxygen atoms in total. The Balaban J connectivity index is 1.67. The summed E-state index contributed by atoms with van der Waals surface area (Å²) >= 11 is 0. The van der Waals surface area contributed by atoms with Crippen molar-refractivity contribution in [3.63, 3.8) is 0 Å². The first-order valence-corrected chi connectivity index (χ1v) is 6.25. The molecule has 0 unspecified atom stereocenters. The first-order chi connectivity index (χ1) is 8.31. The average molecular weight is 231 g/mol. The zero-order chi connectivity index (χ0) is 11.7. The predicted octanol–water partition coefficient (Wildman–Crippen LogP) is 2.33. The summed E-state index contributed by atoms with van der Waals surface area (Å²) < 4.78 is 0. The van der Waals surface area contributed by atoms with Gasteiger partial charge >= 0.3 is 6.03 Å². The third-order valence-corrected chi connectivity index (χ3v) is 3.22. The lowest BCUT2D eigenvalue weighted by atomic mass is 10.0. The number of amides is 2. The van der Waals surface area contributed by atoms with Crippen LogP contribution in [0.2, 0.25) is 0 Å². The standard InChI is InChI=1S/C13H17N3O/c17-13(15-10-5-6-10)16-11-4-3-9-2-1-7-14-12(9)8-11/h3-4,8,10,14H,1-2,5-7H2,(H2,15,16,17). The number of fused-ring (bicyclic) bond motifs is 1. The smallest absolute Gasteiger partial charge is 0.319 e.